The van der Waals surface area contributed by atoms with Gasteiger partial charge in [0.1, 0.15) is 5.03 Å². The van der Waals surface area contributed by atoms with Gasteiger partial charge in [0.05, 0.1) is 11.6 Å². The van der Waals surface area contributed by atoms with Crippen LogP contribution < -0.4 is 5.32 Å². The minimum Gasteiger partial charge on any atom is -0.449 e. The number of aryl methyl sites for hydroxylation is 1. The third-order valence-electron chi connectivity index (χ3n) is 4.52. The van der Waals surface area contributed by atoms with E-state index < -0.39 is 12.1 Å². The van der Waals surface area contributed by atoms with E-state index in [1.807, 2.05) is 18.4 Å². The number of pyridine rings is 1. The molecule has 1 aromatic carbocycles. The molecule has 136 valence electrons. The maximum absolute atomic E-state index is 12.5. The standard InChI is InChI=1S/C20H22N2O3S/c1-13(25-20(24)16-10-6-12-21-19(16)26-2)18(23)22-17-11-5-8-14-7-3-4-9-15(14)17/h3-4,6-7,9-10,12-13,17H,5,8,11H2,1-2H3,(H,22,23)/t13-,17+/m1/s1. The van der Waals surface area contributed by atoms with Gasteiger partial charge in [0.15, 0.2) is 6.10 Å². The number of nitrogens with one attached hydrogen (secondary N) is 1. The third kappa shape index (κ3) is 4.07. The number of fused-ring (bicyclic) bond motifs is 1. The molecule has 26 heavy (non-hydrogen) atoms. The van der Waals surface area contributed by atoms with Crippen LogP contribution in [0.15, 0.2) is 47.6 Å². The van der Waals surface area contributed by atoms with E-state index in [1.54, 1.807) is 25.3 Å². The van der Waals surface area contributed by atoms with Crippen molar-refractivity contribution in [1.82, 2.24) is 10.3 Å². The molecule has 0 spiro atoms. The number of esters is 1. The van der Waals surface area contributed by atoms with Crippen LogP contribution in [0.2, 0.25) is 0 Å². The first-order chi connectivity index (χ1) is 12.6. The number of rotatable bonds is 5. The van der Waals surface area contributed by atoms with E-state index >= 15 is 0 Å². The average molecular weight is 370 g/mol. The fraction of sp³-hybridized carbons (Fsp3) is 0.350. The summed E-state index contributed by atoms with van der Waals surface area (Å²) in [5.41, 5.74) is 2.80. The molecule has 2 aromatic rings. The Balaban J connectivity index is 1.65. The molecule has 1 aliphatic carbocycles. The lowest BCUT2D eigenvalue weighted by molar-refractivity contribution is -0.130. The SMILES string of the molecule is CSc1ncccc1C(=O)O[C@H](C)C(=O)N[C@H]1CCCc2ccccc21. The van der Waals surface area contributed by atoms with Gasteiger partial charge in [-0.2, -0.15) is 0 Å². The molecule has 1 amide bonds. The summed E-state index contributed by atoms with van der Waals surface area (Å²) in [7, 11) is 0. The van der Waals surface area contributed by atoms with Crippen molar-refractivity contribution in [2.75, 3.05) is 6.26 Å². The van der Waals surface area contributed by atoms with Crippen LogP contribution in [0.25, 0.3) is 0 Å². The van der Waals surface area contributed by atoms with E-state index in [4.69, 9.17) is 4.74 Å². The predicted octanol–water partition coefficient (Wildman–Crippen LogP) is 3.54. The van der Waals surface area contributed by atoms with Gasteiger partial charge in [-0.3, -0.25) is 4.79 Å². The lowest BCUT2D eigenvalue weighted by atomic mass is 9.87. The van der Waals surface area contributed by atoms with Crippen molar-refractivity contribution in [3.05, 3.63) is 59.3 Å². The summed E-state index contributed by atoms with van der Waals surface area (Å²) >= 11 is 1.37. The molecule has 1 N–H and O–H groups in total. The molecule has 1 aliphatic rings. The Morgan fingerprint density at radius 3 is 2.88 bits per heavy atom. The Bertz CT molecular complexity index is 809. The van der Waals surface area contributed by atoms with E-state index in [0.717, 1.165) is 24.8 Å². The zero-order valence-corrected chi connectivity index (χ0v) is 15.7. The fourth-order valence-electron chi connectivity index (χ4n) is 3.18. The summed E-state index contributed by atoms with van der Waals surface area (Å²) in [6, 6.07) is 11.5. The normalized spacial score (nSPS) is 17.1. The van der Waals surface area contributed by atoms with E-state index in [2.05, 4.69) is 22.4 Å². The molecule has 6 heteroatoms. The van der Waals surface area contributed by atoms with Gasteiger partial charge in [-0.05, 0) is 55.7 Å². The number of nitrogens with zero attached hydrogens (tertiary/aromatic N) is 1. The van der Waals surface area contributed by atoms with Gasteiger partial charge < -0.3 is 10.1 Å². The number of ether oxygens (including phenoxy) is 1. The Labute approximate surface area is 157 Å². The van der Waals surface area contributed by atoms with E-state index in [1.165, 1.54) is 17.3 Å². The van der Waals surface area contributed by atoms with E-state index in [0.29, 0.717) is 10.6 Å². The Kier molecular flexibility index (Phi) is 5.93. The molecule has 3 rings (SSSR count). The number of carbonyl (C=O) groups excluding carboxylic acids is 2. The van der Waals surface area contributed by atoms with Gasteiger partial charge in [-0.15, -0.1) is 11.8 Å². The quantitative estimate of drug-likeness (QED) is 0.644. The first-order valence-corrected chi connectivity index (χ1v) is 9.90. The molecule has 0 radical (unpaired) electrons. The van der Waals surface area contributed by atoms with Crippen molar-refractivity contribution in [3.8, 4) is 0 Å². The Morgan fingerprint density at radius 1 is 1.27 bits per heavy atom. The summed E-state index contributed by atoms with van der Waals surface area (Å²) in [5.74, 6) is -0.816. The summed E-state index contributed by atoms with van der Waals surface area (Å²) in [5, 5.41) is 3.61. The number of amides is 1. The highest BCUT2D eigenvalue weighted by Crippen LogP contribution is 2.29. The van der Waals surface area contributed by atoms with Gasteiger partial charge in [-0.1, -0.05) is 24.3 Å². The molecular weight excluding hydrogens is 348 g/mol. The molecule has 2 atom stereocenters. The largest absolute Gasteiger partial charge is 0.449 e. The zero-order chi connectivity index (χ0) is 18.5. The molecule has 0 saturated heterocycles. The van der Waals surface area contributed by atoms with Crippen molar-refractivity contribution in [2.24, 2.45) is 0 Å². The molecule has 5 nitrogen and oxygen atoms in total. The first kappa shape index (κ1) is 18.5. The fourth-order valence-corrected chi connectivity index (χ4v) is 3.72. The number of hydrogen-bond acceptors (Lipinski definition) is 5. The highest BCUT2D eigenvalue weighted by atomic mass is 32.2. The van der Waals surface area contributed by atoms with Crippen LogP contribution >= 0.6 is 11.8 Å². The molecule has 0 fully saturated rings. The van der Waals surface area contributed by atoms with Gasteiger partial charge in [-0.25, -0.2) is 9.78 Å². The number of thioether (sulfide) groups is 1. The number of hydrogen-bond donors (Lipinski definition) is 1. The molecule has 0 aliphatic heterocycles. The van der Waals surface area contributed by atoms with Gasteiger partial charge in [0, 0.05) is 6.20 Å². The van der Waals surface area contributed by atoms with Gasteiger partial charge >= 0.3 is 5.97 Å². The highest BCUT2D eigenvalue weighted by Gasteiger charge is 2.26. The summed E-state index contributed by atoms with van der Waals surface area (Å²) < 4.78 is 5.37. The second-order valence-electron chi connectivity index (χ2n) is 6.26. The van der Waals surface area contributed by atoms with Gasteiger partial charge in [0.25, 0.3) is 5.91 Å². The van der Waals surface area contributed by atoms with Crippen molar-refractivity contribution in [3.63, 3.8) is 0 Å². The number of aromatic nitrogens is 1. The molecular formula is C20H22N2O3S. The van der Waals surface area contributed by atoms with Crippen LogP contribution in [-0.4, -0.2) is 29.2 Å². The molecule has 0 unspecified atom stereocenters. The number of carbonyl (C=O) groups is 2. The lowest BCUT2D eigenvalue weighted by Gasteiger charge is -2.27. The minimum atomic E-state index is -0.869. The highest BCUT2D eigenvalue weighted by molar-refractivity contribution is 7.98. The van der Waals surface area contributed by atoms with Crippen molar-refractivity contribution >= 4 is 23.6 Å². The topological polar surface area (TPSA) is 68.3 Å². The monoisotopic (exact) mass is 370 g/mol. The van der Waals surface area contributed by atoms with Crippen LogP contribution in [0.1, 0.15) is 47.3 Å². The van der Waals surface area contributed by atoms with Crippen molar-refractivity contribution < 1.29 is 14.3 Å². The van der Waals surface area contributed by atoms with Crippen molar-refractivity contribution in [1.29, 1.82) is 0 Å². The van der Waals surface area contributed by atoms with Crippen LogP contribution in [0.4, 0.5) is 0 Å². The number of benzene rings is 1. The van der Waals surface area contributed by atoms with Crippen LogP contribution in [0, 0.1) is 0 Å². The lowest BCUT2D eigenvalue weighted by Crippen LogP contribution is -2.39. The average Bonchev–Trinajstić information content (AvgIpc) is 2.68. The maximum Gasteiger partial charge on any atom is 0.341 e. The van der Waals surface area contributed by atoms with Crippen LogP contribution in [0.3, 0.4) is 0 Å². The minimum absolute atomic E-state index is 0.0336. The zero-order valence-electron chi connectivity index (χ0n) is 14.9. The van der Waals surface area contributed by atoms with E-state index in [9.17, 15) is 9.59 Å². The summed E-state index contributed by atoms with van der Waals surface area (Å²) in [4.78, 5) is 29.1. The predicted molar refractivity (Wildman–Crippen MR) is 101 cm³/mol. The molecule has 0 bridgehead atoms. The molecule has 1 heterocycles. The van der Waals surface area contributed by atoms with Crippen LogP contribution in [0.5, 0.6) is 0 Å². The van der Waals surface area contributed by atoms with Gasteiger partial charge in [0.2, 0.25) is 0 Å². The molecule has 1 aromatic heterocycles. The van der Waals surface area contributed by atoms with Crippen molar-refractivity contribution in [2.45, 2.75) is 43.4 Å². The Morgan fingerprint density at radius 2 is 2.08 bits per heavy atom. The molecule has 0 saturated carbocycles. The first-order valence-electron chi connectivity index (χ1n) is 8.68. The smallest absolute Gasteiger partial charge is 0.341 e. The summed E-state index contributed by atoms with van der Waals surface area (Å²) in [6.07, 6.45) is 5.55. The van der Waals surface area contributed by atoms with E-state index in [-0.39, 0.29) is 11.9 Å². The van der Waals surface area contributed by atoms with Crippen LogP contribution in [-0.2, 0) is 16.0 Å². The second-order valence-corrected chi connectivity index (χ2v) is 7.05. The Hall–Kier alpha value is -2.34. The second kappa shape index (κ2) is 8.36. The summed E-state index contributed by atoms with van der Waals surface area (Å²) in [6.45, 7) is 1.59. The maximum atomic E-state index is 12.5. The third-order valence-corrected chi connectivity index (χ3v) is 5.24.